The molecule has 0 bridgehead atoms. The van der Waals surface area contributed by atoms with E-state index in [0.29, 0.717) is 19.5 Å². The fourth-order valence-corrected chi connectivity index (χ4v) is 4.56. The number of carbonyl (C=O) groups excluding carboxylic acids is 3. The molecule has 0 radical (unpaired) electrons. The molecule has 1 unspecified atom stereocenters. The minimum atomic E-state index is -3.81. The molecule has 10 heteroatoms. The number of aryl methyl sites for hydroxylation is 1. The van der Waals surface area contributed by atoms with Crippen molar-refractivity contribution in [1.29, 1.82) is 0 Å². The molecular weight excluding hydrogens is 408 g/mol. The lowest BCUT2D eigenvalue weighted by atomic mass is 9.97. The third kappa shape index (κ3) is 5.37. The second-order valence-corrected chi connectivity index (χ2v) is 10.1. The van der Waals surface area contributed by atoms with Crippen molar-refractivity contribution in [2.24, 2.45) is 11.8 Å². The van der Waals surface area contributed by atoms with Crippen molar-refractivity contribution in [3.8, 4) is 0 Å². The molecule has 3 amide bonds. The maximum Gasteiger partial charge on any atom is 0.253 e. The highest BCUT2D eigenvalue weighted by molar-refractivity contribution is 7.89. The molecule has 1 aliphatic carbocycles. The summed E-state index contributed by atoms with van der Waals surface area (Å²) in [5.74, 6) is -1.20. The predicted octanol–water partition coefficient (Wildman–Crippen LogP) is 0.412. The number of sulfonamides is 1. The number of rotatable bonds is 6. The van der Waals surface area contributed by atoms with E-state index in [2.05, 4.69) is 10.9 Å². The minimum absolute atomic E-state index is 0.0927. The number of benzene rings is 1. The van der Waals surface area contributed by atoms with Crippen LogP contribution in [0.3, 0.4) is 0 Å². The van der Waals surface area contributed by atoms with E-state index in [1.165, 1.54) is 19.2 Å². The Morgan fingerprint density at radius 2 is 1.73 bits per heavy atom. The van der Waals surface area contributed by atoms with Gasteiger partial charge in [0.05, 0.1) is 17.4 Å². The van der Waals surface area contributed by atoms with Gasteiger partial charge in [-0.25, -0.2) is 8.42 Å². The molecule has 1 atom stereocenters. The molecule has 1 aromatic rings. The fourth-order valence-electron chi connectivity index (χ4n) is 3.43. The number of likely N-dealkylation sites (N-methyl/N-ethyl adjacent to an activating group) is 1. The lowest BCUT2D eigenvalue weighted by Crippen LogP contribution is -2.52. The van der Waals surface area contributed by atoms with Crippen LogP contribution in [-0.2, 0) is 24.4 Å². The number of hydrazine groups is 1. The quantitative estimate of drug-likeness (QED) is 0.627. The molecule has 1 heterocycles. The third-order valence-electron chi connectivity index (χ3n) is 5.45. The van der Waals surface area contributed by atoms with E-state index in [0.717, 1.165) is 29.1 Å². The number of hydrogen-bond donors (Lipinski definition) is 2. The normalized spacial score (nSPS) is 19.4. The van der Waals surface area contributed by atoms with Crippen molar-refractivity contribution in [1.82, 2.24) is 20.1 Å². The van der Waals surface area contributed by atoms with Gasteiger partial charge in [-0.3, -0.25) is 25.2 Å². The first kappa shape index (κ1) is 22.2. The van der Waals surface area contributed by atoms with E-state index in [1.807, 2.05) is 6.92 Å². The minimum Gasteiger partial charge on any atom is -0.342 e. The molecule has 0 aromatic heterocycles. The van der Waals surface area contributed by atoms with Crippen LogP contribution in [0.2, 0.25) is 0 Å². The topological polar surface area (TPSA) is 116 Å². The van der Waals surface area contributed by atoms with Crippen molar-refractivity contribution in [3.05, 3.63) is 29.8 Å². The van der Waals surface area contributed by atoms with Crippen LogP contribution in [0, 0.1) is 18.8 Å². The van der Waals surface area contributed by atoms with Gasteiger partial charge >= 0.3 is 0 Å². The molecule has 2 fully saturated rings. The summed E-state index contributed by atoms with van der Waals surface area (Å²) in [6.45, 7) is 2.42. The zero-order valence-electron chi connectivity index (χ0n) is 17.3. The zero-order chi connectivity index (χ0) is 21.9. The van der Waals surface area contributed by atoms with Crippen molar-refractivity contribution in [2.45, 2.75) is 37.5 Å². The van der Waals surface area contributed by atoms with Gasteiger partial charge in [0, 0.05) is 26.1 Å². The van der Waals surface area contributed by atoms with E-state index >= 15 is 0 Å². The van der Waals surface area contributed by atoms with E-state index in [4.69, 9.17) is 0 Å². The Hall–Kier alpha value is -2.46. The number of piperidine rings is 1. The first-order chi connectivity index (χ1) is 14.2. The maximum atomic E-state index is 12.5. The van der Waals surface area contributed by atoms with Gasteiger partial charge in [-0.05, 0) is 44.7 Å². The Labute approximate surface area is 176 Å². The molecule has 164 valence electrons. The average molecular weight is 437 g/mol. The van der Waals surface area contributed by atoms with Crippen LogP contribution in [0.5, 0.6) is 0 Å². The van der Waals surface area contributed by atoms with Gasteiger partial charge in [0.25, 0.3) is 5.91 Å². The first-order valence-electron chi connectivity index (χ1n) is 10.1. The summed E-state index contributed by atoms with van der Waals surface area (Å²) < 4.78 is 26.0. The Morgan fingerprint density at radius 3 is 2.37 bits per heavy atom. The average Bonchev–Trinajstić information content (AvgIpc) is 3.57. The smallest absolute Gasteiger partial charge is 0.253 e. The summed E-state index contributed by atoms with van der Waals surface area (Å²) >= 11 is 0. The van der Waals surface area contributed by atoms with Gasteiger partial charge in [0.2, 0.25) is 21.8 Å². The van der Waals surface area contributed by atoms with E-state index in [9.17, 15) is 22.8 Å². The van der Waals surface area contributed by atoms with Crippen LogP contribution in [0.1, 0.15) is 31.2 Å². The molecule has 3 rings (SSSR count). The summed E-state index contributed by atoms with van der Waals surface area (Å²) in [6, 6.07) is 6.34. The first-order valence-corrected chi connectivity index (χ1v) is 11.5. The van der Waals surface area contributed by atoms with Gasteiger partial charge in [0.1, 0.15) is 0 Å². The van der Waals surface area contributed by atoms with Crippen LogP contribution >= 0.6 is 0 Å². The summed E-state index contributed by atoms with van der Waals surface area (Å²) in [4.78, 5) is 38.6. The Balaban J connectivity index is 1.48. The number of carbonyl (C=O) groups is 3. The van der Waals surface area contributed by atoms with E-state index in [1.54, 1.807) is 17.0 Å². The molecule has 2 N–H and O–H groups in total. The Bertz CT molecular complexity index is 912. The van der Waals surface area contributed by atoms with Gasteiger partial charge in [-0.2, -0.15) is 4.31 Å². The highest BCUT2D eigenvalue weighted by atomic mass is 32.2. The van der Waals surface area contributed by atoms with Crippen molar-refractivity contribution in [3.63, 3.8) is 0 Å². The molecule has 2 aliphatic rings. The lowest BCUT2D eigenvalue weighted by molar-refractivity contribution is -0.138. The molecule has 30 heavy (non-hydrogen) atoms. The highest BCUT2D eigenvalue weighted by Crippen LogP contribution is 2.32. The lowest BCUT2D eigenvalue weighted by Gasteiger charge is -2.32. The monoisotopic (exact) mass is 436 g/mol. The van der Waals surface area contributed by atoms with Crippen LogP contribution in [0.4, 0.5) is 0 Å². The summed E-state index contributed by atoms with van der Waals surface area (Å²) in [5, 5.41) is 0. The van der Waals surface area contributed by atoms with Crippen molar-refractivity contribution < 1.29 is 22.8 Å². The van der Waals surface area contributed by atoms with Crippen LogP contribution in [0.25, 0.3) is 0 Å². The predicted molar refractivity (Wildman–Crippen MR) is 109 cm³/mol. The third-order valence-corrected chi connectivity index (χ3v) is 7.27. The van der Waals surface area contributed by atoms with E-state index < -0.39 is 28.4 Å². The highest BCUT2D eigenvalue weighted by Gasteiger charge is 2.36. The van der Waals surface area contributed by atoms with Gasteiger partial charge in [-0.15, -0.1) is 0 Å². The van der Waals surface area contributed by atoms with Crippen molar-refractivity contribution >= 4 is 27.7 Å². The number of amides is 3. The van der Waals surface area contributed by atoms with Gasteiger partial charge < -0.3 is 4.90 Å². The Kier molecular flexibility index (Phi) is 6.77. The van der Waals surface area contributed by atoms with Gasteiger partial charge in [-0.1, -0.05) is 17.7 Å². The molecule has 1 saturated heterocycles. The molecule has 1 aromatic carbocycles. The van der Waals surface area contributed by atoms with Crippen LogP contribution in [0.15, 0.2) is 29.2 Å². The zero-order valence-corrected chi connectivity index (χ0v) is 18.1. The molecule has 1 saturated carbocycles. The number of likely N-dealkylation sites (tertiary alicyclic amines) is 1. The van der Waals surface area contributed by atoms with Crippen LogP contribution in [-0.4, -0.2) is 62.0 Å². The number of nitrogens with one attached hydrogen (secondary N) is 2. The van der Waals surface area contributed by atoms with Crippen molar-refractivity contribution in [2.75, 3.05) is 26.7 Å². The summed E-state index contributed by atoms with van der Waals surface area (Å²) in [7, 11) is -2.51. The molecule has 1 aliphatic heterocycles. The summed E-state index contributed by atoms with van der Waals surface area (Å²) in [5.41, 5.74) is 5.56. The molecule has 9 nitrogen and oxygen atoms in total. The SMILES string of the molecule is Cc1ccc(S(=O)(=O)N(C)CC(=O)NNC(=O)C2CCCN(C(=O)C3CC3)C2)cc1. The summed E-state index contributed by atoms with van der Waals surface area (Å²) in [6.07, 6.45) is 3.21. The van der Waals surface area contributed by atoms with Crippen LogP contribution < -0.4 is 10.9 Å². The molecular formula is C20H28N4O5S. The van der Waals surface area contributed by atoms with Gasteiger partial charge in [0.15, 0.2) is 0 Å². The second kappa shape index (κ2) is 9.13. The second-order valence-electron chi connectivity index (χ2n) is 8.01. The largest absolute Gasteiger partial charge is 0.342 e. The van der Waals surface area contributed by atoms with E-state index in [-0.39, 0.29) is 22.6 Å². The Morgan fingerprint density at radius 1 is 1.07 bits per heavy atom. The number of hydrogen-bond acceptors (Lipinski definition) is 5. The molecule has 0 spiro atoms. The maximum absolute atomic E-state index is 12.5. The standard InChI is InChI=1S/C20H28N4O5S/c1-14-5-9-17(10-6-14)30(28,29)23(2)13-18(25)21-22-19(26)16-4-3-11-24(12-16)20(27)15-7-8-15/h5-6,9-10,15-16H,3-4,7-8,11-13H2,1-2H3,(H,21,25)(H,22,26). The fraction of sp³-hybridized carbons (Fsp3) is 0.550. The number of nitrogens with zero attached hydrogens (tertiary/aromatic N) is 2.